The van der Waals surface area contributed by atoms with Crippen LogP contribution in [0.3, 0.4) is 0 Å². The fraction of sp³-hybridized carbons (Fsp3) is 0.556. The van der Waals surface area contributed by atoms with Crippen LogP contribution in [0.1, 0.15) is 44.7 Å². The van der Waals surface area contributed by atoms with Gasteiger partial charge in [0, 0.05) is 0 Å². The van der Waals surface area contributed by atoms with Crippen molar-refractivity contribution in [3.8, 4) is 0 Å². The Balaban J connectivity index is 2.30. The Bertz CT molecular complexity index is 537. The summed E-state index contributed by atoms with van der Waals surface area (Å²) in [7, 11) is -1.93. The van der Waals surface area contributed by atoms with E-state index in [0.29, 0.717) is 6.42 Å². The molecular formula is C18H28O2Si. The lowest BCUT2D eigenvalue weighted by atomic mass is 9.91. The smallest absolute Gasteiger partial charge is 0.250 e. The molecule has 21 heavy (non-hydrogen) atoms. The van der Waals surface area contributed by atoms with E-state index in [1.165, 1.54) is 5.56 Å². The number of hydrogen-bond donors (Lipinski definition) is 1. The molecule has 0 saturated heterocycles. The van der Waals surface area contributed by atoms with Gasteiger partial charge in [-0.1, -0.05) is 50.6 Å². The van der Waals surface area contributed by atoms with E-state index in [1.54, 1.807) is 0 Å². The van der Waals surface area contributed by atoms with Crippen LogP contribution in [-0.4, -0.2) is 13.4 Å². The molecule has 2 nitrogen and oxygen atoms in total. The van der Waals surface area contributed by atoms with Crippen molar-refractivity contribution in [1.29, 1.82) is 0 Å². The first-order valence-corrected chi connectivity index (χ1v) is 10.7. The molecule has 3 heteroatoms. The van der Waals surface area contributed by atoms with Crippen molar-refractivity contribution in [2.24, 2.45) is 0 Å². The Morgan fingerprint density at radius 3 is 2.24 bits per heavy atom. The Morgan fingerprint density at radius 1 is 1.14 bits per heavy atom. The maximum atomic E-state index is 11.2. The monoisotopic (exact) mass is 304 g/mol. The number of aryl methyl sites for hydroxylation is 1. The zero-order valence-corrected chi connectivity index (χ0v) is 15.2. The molecule has 1 atom stereocenters. The first-order valence-electron chi connectivity index (χ1n) is 7.75. The van der Waals surface area contributed by atoms with Crippen molar-refractivity contribution < 1.29 is 9.53 Å². The molecule has 1 unspecified atom stereocenters. The Morgan fingerprint density at radius 2 is 1.71 bits per heavy atom. The number of aliphatic hydroxyl groups is 1. The molecule has 1 aliphatic carbocycles. The number of benzene rings is 1. The van der Waals surface area contributed by atoms with Crippen molar-refractivity contribution >= 4 is 8.32 Å². The molecule has 0 saturated carbocycles. The Kier molecular flexibility index (Phi) is 4.11. The maximum Gasteiger partial charge on any atom is 0.250 e. The van der Waals surface area contributed by atoms with Crippen LogP contribution in [0.4, 0.5) is 0 Å². The Hall–Kier alpha value is -1.06. The zero-order chi connectivity index (χ0) is 15.9. The molecule has 2 rings (SSSR count). The van der Waals surface area contributed by atoms with Crippen LogP contribution in [-0.2, 0) is 10.0 Å². The van der Waals surface area contributed by atoms with Gasteiger partial charge in [0.2, 0.25) is 8.32 Å². The number of rotatable bonds is 3. The molecule has 0 radical (unpaired) electrons. The lowest BCUT2D eigenvalue weighted by Crippen LogP contribution is -2.43. The van der Waals surface area contributed by atoms with E-state index in [9.17, 15) is 5.11 Å². The van der Waals surface area contributed by atoms with Crippen molar-refractivity contribution in [1.82, 2.24) is 0 Å². The summed E-state index contributed by atoms with van der Waals surface area (Å²) in [6, 6.07) is 8.14. The van der Waals surface area contributed by atoms with Gasteiger partial charge < -0.3 is 9.53 Å². The molecule has 0 aliphatic heterocycles. The van der Waals surface area contributed by atoms with Gasteiger partial charge in [-0.2, -0.15) is 0 Å². The normalized spacial score (nSPS) is 23.1. The van der Waals surface area contributed by atoms with Crippen LogP contribution in [0.25, 0.3) is 0 Å². The van der Waals surface area contributed by atoms with Gasteiger partial charge in [-0.15, -0.1) is 0 Å². The van der Waals surface area contributed by atoms with Crippen molar-refractivity contribution in [3.63, 3.8) is 0 Å². The lowest BCUT2D eigenvalue weighted by molar-refractivity contribution is 0.0389. The molecule has 1 aromatic carbocycles. The van der Waals surface area contributed by atoms with Gasteiger partial charge in [-0.25, -0.2) is 0 Å². The molecule has 1 aromatic rings. The lowest BCUT2D eigenvalue weighted by Gasteiger charge is -2.40. The molecule has 0 bridgehead atoms. The van der Waals surface area contributed by atoms with Crippen LogP contribution in [0, 0.1) is 6.92 Å². The summed E-state index contributed by atoms with van der Waals surface area (Å²) in [6.45, 7) is 13.2. The molecule has 0 amide bonds. The quantitative estimate of drug-likeness (QED) is 0.806. The molecule has 1 N–H and O–H groups in total. The average Bonchev–Trinajstić information content (AvgIpc) is 2.71. The van der Waals surface area contributed by atoms with Crippen LogP contribution < -0.4 is 0 Å². The zero-order valence-electron chi connectivity index (χ0n) is 14.2. The third-order valence-electron chi connectivity index (χ3n) is 4.94. The van der Waals surface area contributed by atoms with Gasteiger partial charge in [-0.3, -0.25) is 0 Å². The highest BCUT2D eigenvalue weighted by molar-refractivity contribution is 6.74. The summed E-state index contributed by atoms with van der Waals surface area (Å²) >= 11 is 0. The first-order chi connectivity index (χ1) is 9.56. The van der Waals surface area contributed by atoms with Gasteiger partial charge in [0.15, 0.2) is 0 Å². The van der Waals surface area contributed by atoms with Gasteiger partial charge in [0.25, 0.3) is 0 Å². The van der Waals surface area contributed by atoms with Crippen LogP contribution in [0.5, 0.6) is 0 Å². The van der Waals surface area contributed by atoms with E-state index in [2.05, 4.69) is 59.0 Å². The van der Waals surface area contributed by atoms with Gasteiger partial charge >= 0.3 is 0 Å². The van der Waals surface area contributed by atoms with E-state index in [0.717, 1.165) is 17.7 Å². The predicted molar refractivity (Wildman–Crippen MR) is 90.7 cm³/mol. The third-order valence-corrected chi connectivity index (χ3v) is 9.29. The summed E-state index contributed by atoms with van der Waals surface area (Å²) in [5.41, 5.74) is 1.19. The minimum Gasteiger partial charge on any atom is -0.544 e. The van der Waals surface area contributed by atoms with E-state index in [1.807, 2.05) is 12.1 Å². The van der Waals surface area contributed by atoms with E-state index >= 15 is 0 Å². The highest BCUT2D eigenvalue weighted by Crippen LogP contribution is 2.45. The summed E-state index contributed by atoms with van der Waals surface area (Å²) in [5.74, 6) is 0.762. The van der Waals surface area contributed by atoms with Crippen LogP contribution >= 0.6 is 0 Å². The number of allylic oxidation sites excluding steroid dienone is 1. The topological polar surface area (TPSA) is 29.5 Å². The van der Waals surface area contributed by atoms with Crippen LogP contribution in [0.15, 0.2) is 36.1 Å². The highest BCUT2D eigenvalue weighted by Gasteiger charge is 2.45. The minimum absolute atomic E-state index is 0.130. The highest BCUT2D eigenvalue weighted by atomic mass is 28.4. The summed E-state index contributed by atoms with van der Waals surface area (Å²) in [4.78, 5) is 0. The maximum absolute atomic E-state index is 11.2. The Labute approximate surface area is 130 Å². The average molecular weight is 305 g/mol. The van der Waals surface area contributed by atoms with E-state index < -0.39 is 13.9 Å². The van der Waals surface area contributed by atoms with E-state index in [4.69, 9.17) is 4.43 Å². The second-order valence-electron chi connectivity index (χ2n) is 7.70. The predicted octanol–water partition coefficient (Wildman–Crippen LogP) is 4.88. The summed E-state index contributed by atoms with van der Waals surface area (Å²) in [6.07, 6.45) is 3.65. The molecule has 0 aromatic heterocycles. The van der Waals surface area contributed by atoms with Crippen molar-refractivity contribution in [2.75, 3.05) is 0 Å². The van der Waals surface area contributed by atoms with Gasteiger partial charge in [-0.05, 0) is 49.5 Å². The first kappa shape index (κ1) is 16.3. The van der Waals surface area contributed by atoms with Crippen molar-refractivity contribution in [2.45, 2.75) is 64.3 Å². The minimum atomic E-state index is -1.93. The second-order valence-corrected chi connectivity index (χ2v) is 12.4. The molecular weight excluding hydrogens is 276 g/mol. The molecule has 1 aliphatic rings. The summed E-state index contributed by atoms with van der Waals surface area (Å²) in [5, 5.41) is 11.3. The summed E-state index contributed by atoms with van der Waals surface area (Å²) < 4.78 is 6.41. The van der Waals surface area contributed by atoms with Crippen molar-refractivity contribution in [3.05, 3.63) is 47.2 Å². The largest absolute Gasteiger partial charge is 0.544 e. The van der Waals surface area contributed by atoms with Gasteiger partial charge in [0.05, 0.1) is 0 Å². The standard InChI is InChI=1S/C18H28O2Si/c1-14-9-11-15(12-10-14)18(19)13-7-8-16(18)20-21(5,6)17(2,3)4/h8-12,19H,7,13H2,1-6H3. The molecule has 0 spiro atoms. The fourth-order valence-corrected chi connectivity index (χ4v) is 3.48. The SMILES string of the molecule is Cc1ccc(C2(O)CCC=C2O[Si](C)(C)C(C)(C)C)cc1. The van der Waals surface area contributed by atoms with E-state index in [-0.39, 0.29) is 5.04 Å². The van der Waals surface area contributed by atoms with Crippen LogP contribution in [0.2, 0.25) is 18.1 Å². The second kappa shape index (κ2) is 5.29. The molecule has 116 valence electrons. The number of hydrogen-bond acceptors (Lipinski definition) is 2. The fourth-order valence-electron chi connectivity index (χ4n) is 2.37. The molecule has 0 fully saturated rings. The van der Waals surface area contributed by atoms with Gasteiger partial charge in [0.1, 0.15) is 11.4 Å². The molecule has 0 heterocycles. The third kappa shape index (κ3) is 3.09.